The van der Waals surface area contributed by atoms with Crippen LogP contribution in [0.3, 0.4) is 0 Å². The Labute approximate surface area is 89.5 Å². The molecule has 82 valence electrons. The van der Waals surface area contributed by atoms with Crippen molar-refractivity contribution < 1.29 is 9.59 Å². The number of isocyanates is 2. The molecule has 1 aliphatic carbocycles. The summed E-state index contributed by atoms with van der Waals surface area (Å²) in [5.41, 5.74) is 0. The largest absolute Gasteiger partial charge is 0.235 e. The fraction of sp³-hybridized carbons (Fsp3) is 0.818. The Morgan fingerprint density at radius 3 is 1.87 bits per heavy atom. The minimum atomic E-state index is -0.0293. The molecule has 15 heavy (non-hydrogen) atoms. The third-order valence-electron chi connectivity index (χ3n) is 3.10. The molecule has 1 fully saturated rings. The summed E-state index contributed by atoms with van der Waals surface area (Å²) in [6.45, 7) is 4.13. The van der Waals surface area contributed by atoms with Crippen LogP contribution in [0, 0.1) is 11.8 Å². The first-order chi connectivity index (χ1) is 7.20. The van der Waals surface area contributed by atoms with Crippen molar-refractivity contribution in [2.75, 3.05) is 0 Å². The van der Waals surface area contributed by atoms with Gasteiger partial charge in [0, 0.05) is 5.92 Å². The summed E-state index contributed by atoms with van der Waals surface area (Å²) in [5, 5.41) is 0. The molecule has 2 atom stereocenters. The van der Waals surface area contributed by atoms with Crippen molar-refractivity contribution in [2.45, 2.75) is 45.2 Å². The summed E-state index contributed by atoms with van der Waals surface area (Å²) in [7, 11) is 0. The highest BCUT2D eigenvalue weighted by molar-refractivity contribution is 5.35. The minimum absolute atomic E-state index is 0.0293. The van der Waals surface area contributed by atoms with E-state index in [9.17, 15) is 9.59 Å². The van der Waals surface area contributed by atoms with Crippen LogP contribution >= 0.6 is 0 Å². The lowest BCUT2D eigenvalue weighted by Gasteiger charge is -2.35. The van der Waals surface area contributed by atoms with Crippen LogP contribution in [0.4, 0.5) is 0 Å². The van der Waals surface area contributed by atoms with E-state index in [0.29, 0.717) is 5.92 Å². The van der Waals surface area contributed by atoms with Gasteiger partial charge in [-0.25, -0.2) is 19.6 Å². The predicted molar refractivity (Wildman–Crippen MR) is 56.0 cm³/mol. The third-order valence-corrected chi connectivity index (χ3v) is 3.10. The molecule has 4 nitrogen and oxygen atoms in total. The fourth-order valence-electron chi connectivity index (χ4n) is 2.50. The second kappa shape index (κ2) is 5.59. The van der Waals surface area contributed by atoms with Gasteiger partial charge < -0.3 is 0 Å². The highest BCUT2D eigenvalue weighted by Gasteiger charge is 2.35. The second-order valence-corrected chi connectivity index (χ2v) is 4.33. The van der Waals surface area contributed by atoms with Gasteiger partial charge in [0.1, 0.15) is 0 Å². The molecule has 0 radical (unpaired) electrons. The molecule has 0 aromatic carbocycles. The Balaban J connectivity index is 2.89. The monoisotopic (exact) mass is 208 g/mol. The predicted octanol–water partition coefficient (Wildman–Crippen LogP) is 1.85. The van der Waals surface area contributed by atoms with E-state index in [1.807, 2.05) is 0 Å². The number of carbonyl (C=O) groups excluding carboxylic acids is 2. The van der Waals surface area contributed by atoms with Crippen LogP contribution in [0.1, 0.15) is 33.1 Å². The first-order valence-corrected chi connectivity index (χ1v) is 5.34. The molecule has 0 heterocycles. The molecule has 0 aromatic rings. The molecule has 0 bridgehead atoms. The van der Waals surface area contributed by atoms with Crippen LogP contribution in [-0.4, -0.2) is 24.2 Å². The number of rotatable bonds is 3. The number of hydrogen-bond acceptors (Lipinski definition) is 4. The van der Waals surface area contributed by atoms with Crippen LogP contribution in [0.5, 0.6) is 0 Å². The normalized spacial score (nSPS) is 30.5. The highest BCUT2D eigenvalue weighted by atomic mass is 16.1. The van der Waals surface area contributed by atoms with Gasteiger partial charge in [-0.15, -0.1) is 0 Å². The van der Waals surface area contributed by atoms with Crippen LogP contribution < -0.4 is 0 Å². The van der Waals surface area contributed by atoms with Crippen molar-refractivity contribution in [3.63, 3.8) is 0 Å². The van der Waals surface area contributed by atoms with Gasteiger partial charge in [-0.2, -0.15) is 0 Å². The summed E-state index contributed by atoms with van der Waals surface area (Å²) in [6.07, 6.45) is 5.98. The van der Waals surface area contributed by atoms with E-state index in [0.717, 1.165) is 19.3 Å². The van der Waals surface area contributed by atoms with E-state index in [1.54, 1.807) is 12.2 Å². The van der Waals surface area contributed by atoms with Crippen molar-refractivity contribution >= 4 is 12.2 Å². The van der Waals surface area contributed by atoms with Crippen molar-refractivity contribution in [1.29, 1.82) is 0 Å². The van der Waals surface area contributed by atoms with E-state index < -0.39 is 0 Å². The van der Waals surface area contributed by atoms with E-state index >= 15 is 0 Å². The van der Waals surface area contributed by atoms with Crippen molar-refractivity contribution in [1.82, 2.24) is 0 Å². The van der Waals surface area contributed by atoms with Crippen LogP contribution in [0.25, 0.3) is 0 Å². The van der Waals surface area contributed by atoms with Crippen molar-refractivity contribution in [3.8, 4) is 0 Å². The topological polar surface area (TPSA) is 58.9 Å². The lowest BCUT2D eigenvalue weighted by Crippen LogP contribution is -2.37. The van der Waals surface area contributed by atoms with Crippen molar-refractivity contribution in [3.05, 3.63) is 0 Å². The molecule has 0 saturated heterocycles. The quantitative estimate of drug-likeness (QED) is 0.525. The van der Waals surface area contributed by atoms with Crippen LogP contribution in [0.15, 0.2) is 9.98 Å². The molecule has 4 heteroatoms. The molecule has 1 aliphatic rings. The molecule has 1 rings (SSSR count). The Morgan fingerprint density at radius 1 is 1.07 bits per heavy atom. The van der Waals surface area contributed by atoms with Crippen LogP contribution in [-0.2, 0) is 9.59 Å². The lowest BCUT2D eigenvalue weighted by atomic mass is 9.75. The van der Waals surface area contributed by atoms with Gasteiger partial charge in [0.2, 0.25) is 12.2 Å². The molecule has 0 aromatic heterocycles. The van der Waals surface area contributed by atoms with Gasteiger partial charge in [-0.3, -0.25) is 0 Å². The van der Waals surface area contributed by atoms with E-state index in [1.165, 1.54) is 0 Å². The summed E-state index contributed by atoms with van der Waals surface area (Å²) in [4.78, 5) is 28.3. The molecule has 0 aliphatic heterocycles. The highest BCUT2D eigenvalue weighted by Crippen LogP contribution is 2.34. The maximum Gasteiger partial charge on any atom is 0.235 e. The SMILES string of the molecule is CC(C)C1C(N=C=O)CCCC1N=C=O. The zero-order valence-corrected chi connectivity index (χ0v) is 9.14. The molecule has 0 N–H and O–H groups in total. The van der Waals surface area contributed by atoms with Crippen LogP contribution in [0.2, 0.25) is 0 Å². The van der Waals surface area contributed by atoms with Crippen molar-refractivity contribution in [2.24, 2.45) is 21.8 Å². The second-order valence-electron chi connectivity index (χ2n) is 4.33. The average Bonchev–Trinajstić information content (AvgIpc) is 2.18. The van der Waals surface area contributed by atoms with Gasteiger partial charge in [0.05, 0.1) is 12.1 Å². The maximum absolute atomic E-state index is 10.3. The fourth-order valence-corrected chi connectivity index (χ4v) is 2.50. The van der Waals surface area contributed by atoms with Gasteiger partial charge in [0.25, 0.3) is 0 Å². The first-order valence-electron chi connectivity index (χ1n) is 5.34. The number of hydrogen-bond donors (Lipinski definition) is 0. The molecular weight excluding hydrogens is 192 g/mol. The number of aliphatic imine (C=N–C) groups is 2. The van der Waals surface area contributed by atoms with E-state index in [2.05, 4.69) is 23.8 Å². The average molecular weight is 208 g/mol. The van der Waals surface area contributed by atoms with Gasteiger partial charge in [-0.1, -0.05) is 13.8 Å². The standard InChI is InChI=1S/C11H16N2O2/c1-8(2)11-9(12-6-14)4-3-5-10(11)13-7-15/h8-11H,3-5H2,1-2H3. The van der Waals surface area contributed by atoms with E-state index in [-0.39, 0.29) is 18.0 Å². The first kappa shape index (κ1) is 11.8. The molecule has 2 unspecified atom stereocenters. The summed E-state index contributed by atoms with van der Waals surface area (Å²) in [5.74, 6) is 0.524. The molecule has 0 amide bonds. The summed E-state index contributed by atoms with van der Waals surface area (Å²) < 4.78 is 0. The van der Waals surface area contributed by atoms with E-state index in [4.69, 9.17) is 0 Å². The Kier molecular flexibility index (Phi) is 4.41. The molecule has 0 spiro atoms. The Morgan fingerprint density at radius 2 is 1.53 bits per heavy atom. The third kappa shape index (κ3) is 2.85. The van der Waals surface area contributed by atoms with Gasteiger partial charge in [0.15, 0.2) is 0 Å². The van der Waals surface area contributed by atoms with Gasteiger partial charge in [-0.05, 0) is 25.2 Å². The summed E-state index contributed by atoms with van der Waals surface area (Å²) >= 11 is 0. The molecule has 1 saturated carbocycles. The smallest absolute Gasteiger partial charge is 0.211 e. The Bertz CT molecular complexity index is 276. The van der Waals surface area contributed by atoms with Gasteiger partial charge >= 0.3 is 0 Å². The molecular formula is C11H16N2O2. The maximum atomic E-state index is 10.3. The number of nitrogens with zero attached hydrogens (tertiary/aromatic N) is 2. The zero-order valence-electron chi connectivity index (χ0n) is 9.14. The Hall–Kier alpha value is -1.24. The zero-order chi connectivity index (χ0) is 11.3. The minimum Gasteiger partial charge on any atom is -0.211 e. The lowest BCUT2D eigenvalue weighted by molar-refractivity contribution is 0.208. The summed E-state index contributed by atoms with van der Waals surface area (Å²) in [6, 6.07) is -0.0586.